The van der Waals surface area contributed by atoms with E-state index in [9.17, 15) is 14.7 Å². The Bertz CT molecular complexity index is 1740. The number of carbonyl (C=O) groups excluding carboxylic acids is 1. The van der Waals surface area contributed by atoms with E-state index in [1.807, 2.05) is 73.0 Å². The molecule has 0 saturated carbocycles. The predicted molar refractivity (Wildman–Crippen MR) is 178 cm³/mol. The van der Waals surface area contributed by atoms with Crippen LogP contribution >= 0.6 is 22.7 Å². The van der Waals surface area contributed by atoms with Crippen molar-refractivity contribution in [3.8, 4) is 16.2 Å². The summed E-state index contributed by atoms with van der Waals surface area (Å²) in [5.74, 6) is 0.000969. The van der Waals surface area contributed by atoms with Gasteiger partial charge >= 0.3 is 12.1 Å². The first-order valence-corrected chi connectivity index (χ1v) is 16.4. The number of amides is 1. The summed E-state index contributed by atoms with van der Waals surface area (Å²) in [6.45, 7) is 4.83. The summed E-state index contributed by atoms with van der Waals surface area (Å²) in [6, 6.07) is 23.5. The summed E-state index contributed by atoms with van der Waals surface area (Å²) >= 11 is 2.98. The lowest BCUT2D eigenvalue weighted by molar-refractivity contribution is -0.132. The first-order chi connectivity index (χ1) is 21.9. The highest BCUT2D eigenvalue weighted by Crippen LogP contribution is 2.38. The lowest BCUT2D eigenvalue weighted by Gasteiger charge is -2.12. The molecular formula is C35H35N3O5S2. The van der Waals surface area contributed by atoms with Gasteiger partial charge in [0.15, 0.2) is 0 Å². The molecule has 0 spiro atoms. The fourth-order valence-corrected chi connectivity index (χ4v) is 6.38. The van der Waals surface area contributed by atoms with Crippen LogP contribution in [0.1, 0.15) is 52.2 Å². The number of aromatic nitrogens is 2. The van der Waals surface area contributed by atoms with E-state index in [-0.39, 0.29) is 6.61 Å². The van der Waals surface area contributed by atoms with Crippen LogP contribution in [0.3, 0.4) is 0 Å². The topological polar surface area (TPSA) is 103 Å². The van der Waals surface area contributed by atoms with Gasteiger partial charge in [0.2, 0.25) is 5.06 Å². The summed E-state index contributed by atoms with van der Waals surface area (Å²) in [7, 11) is 0. The summed E-state index contributed by atoms with van der Waals surface area (Å²) in [6.07, 6.45) is 6.05. The van der Waals surface area contributed by atoms with Gasteiger partial charge in [0.1, 0.15) is 12.4 Å². The monoisotopic (exact) mass is 641 g/mol. The van der Waals surface area contributed by atoms with Crippen LogP contribution in [0.2, 0.25) is 0 Å². The van der Waals surface area contributed by atoms with Crippen LogP contribution in [0.15, 0.2) is 89.9 Å². The van der Waals surface area contributed by atoms with Gasteiger partial charge in [-0.2, -0.15) is 5.48 Å². The van der Waals surface area contributed by atoms with Crippen molar-refractivity contribution in [3.63, 3.8) is 0 Å². The fourth-order valence-electron chi connectivity index (χ4n) is 4.81. The van der Waals surface area contributed by atoms with E-state index in [0.717, 1.165) is 62.8 Å². The molecule has 10 heteroatoms. The van der Waals surface area contributed by atoms with Gasteiger partial charge in [0.25, 0.3) is 0 Å². The number of hydrogen-bond acceptors (Lipinski definition) is 7. The van der Waals surface area contributed by atoms with Crippen molar-refractivity contribution < 1.29 is 24.3 Å². The standard InChI is InChI=1S/C35H35N3O5S2/c1-3-4-12-32-36-21-29(19-28(33(39)40)20-30-11-8-17-44-30)38(32)22-25-13-15-27(16-14-25)31-18-24(2)45-34(31)43-37-35(41)42-23-26-9-6-5-7-10-26/h5-11,13-19,21H,3-4,12,20,22-23H2,1-2H3,(H,37,41)(H,39,40)/b28-19-. The highest BCUT2D eigenvalue weighted by Gasteiger charge is 2.16. The predicted octanol–water partition coefficient (Wildman–Crippen LogP) is 8.30. The van der Waals surface area contributed by atoms with E-state index >= 15 is 0 Å². The van der Waals surface area contributed by atoms with Gasteiger partial charge in [-0.1, -0.05) is 74.0 Å². The highest BCUT2D eigenvalue weighted by atomic mass is 32.1. The number of rotatable bonds is 14. The fraction of sp³-hybridized carbons (Fsp3) is 0.229. The second-order valence-corrected chi connectivity index (χ2v) is 12.8. The number of aryl methyl sites for hydroxylation is 2. The molecular weight excluding hydrogens is 607 g/mol. The first kappa shape index (κ1) is 31.7. The number of hydrogen-bond donors (Lipinski definition) is 2. The van der Waals surface area contributed by atoms with Crippen molar-refractivity contribution in [2.24, 2.45) is 0 Å². The Morgan fingerprint density at radius 2 is 1.84 bits per heavy atom. The second kappa shape index (κ2) is 15.4. The minimum absolute atomic E-state index is 0.147. The zero-order chi connectivity index (χ0) is 31.6. The van der Waals surface area contributed by atoms with Crippen molar-refractivity contribution in [1.82, 2.24) is 15.0 Å². The van der Waals surface area contributed by atoms with E-state index in [0.29, 0.717) is 23.6 Å². The normalized spacial score (nSPS) is 11.4. The molecule has 0 aliphatic carbocycles. The molecule has 2 N–H and O–H groups in total. The molecule has 8 nitrogen and oxygen atoms in total. The van der Waals surface area contributed by atoms with Crippen molar-refractivity contribution >= 4 is 40.8 Å². The number of carboxylic acids is 1. The molecule has 0 saturated heterocycles. The van der Waals surface area contributed by atoms with Crippen LogP contribution < -0.4 is 10.3 Å². The van der Waals surface area contributed by atoms with Crippen molar-refractivity contribution in [3.05, 3.63) is 122 Å². The Balaban J connectivity index is 1.30. The van der Waals surface area contributed by atoms with Crippen LogP contribution in [0.5, 0.6) is 5.06 Å². The second-order valence-electron chi connectivity index (χ2n) is 10.5. The smallest absolute Gasteiger partial charge is 0.440 e. The molecule has 0 atom stereocenters. The van der Waals surface area contributed by atoms with Crippen molar-refractivity contribution in [2.75, 3.05) is 0 Å². The Morgan fingerprint density at radius 3 is 2.56 bits per heavy atom. The summed E-state index contributed by atoms with van der Waals surface area (Å²) in [5.41, 5.74) is 7.24. The molecule has 3 aromatic heterocycles. The molecule has 0 aliphatic heterocycles. The van der Waals surface area contributed by atoms with Crippen molar-refractivity contribution in [2.45, 2.75) is 52.7 Å². The van der Waals surface area contributed by atoms with E-state index in [4.69, 9.17) is 9.57 Å². The highest BCUT2D eigenvalue weighted by molar-refractivity contribution is 7.14. The Hall–Kier alpha value is -4.67. The van der Waals surface area contributed by atoms with E-state index in [1.165, 1.54) is 11.3 Å². The third-order valence-electron chi connectivity index (χ3n) is 7.13. The number of imidazole rings is 1. The molecule has 0 fully saturated rings. The molecule has 0 bridgehead atoms. The number of benzene rings is 2. The Kier molecular flexibility index (Phi) is 10.8. The van der Waals surface area contributed by atoms with Gasteiger partial charge in [-0.15, -0.1) is 22.7 Å². The van der Waals surface area contributed by atoms with Crippen LogP contribution in [0, 0.1) is 6.92 Å². The van der Waals surface area contributed by atoms with E-state index < -0.39 is 12.1 Å². The average Bonchev–Trinajstić information content (AvgIpc) is 3.79. The number of nitrogens with zero attached hydrogens (tertiary/aromatic N) is 2. The maximum atomic E-state index is 12.2. The SMILES string of the molecule is CCCCc1ncc(/C=C(/Cc2cccs2)C(=O)O)n1Cc1ccc(-c2cc(C)sc2ONC(=O)OCc2ccccc2)cc1. The van der Waals surface area contributed by atoms with E-state index in [1.54, 1.807) is 23.6 Å². The maximum absolute atomic E-state index is 12.2. The molecule has 2 aromatic carbocycles. The lowest BCUT2D eigenvalue weighted by Crippen LogP contribution is -2.27. The number of hydroxylamine groups is 1. The number of unbranched alkanes of at least 4 members (excludes halogenated alkanes) is 1. The number of aliphatic carboxylic acids is 1. The molecule has 232 valence electrons. The number of thiophene rings is 2. The minimum atomic E-state index is -0.932. The molecule has 5 aromatic rings. The number of ether oxygens (including phenoxy) is 1. The van der Waals surface area contributed by atoms with Gasteiger partial charge in [0.05, 0.1) is 11.9 Å². The first-order valence-electron chi connectivity index (χ1n) is 14.7. The van der Waals surface area contributed by atoms with Gasteiger partial charge in [0, 0.05) is 40.3 Å². The van der Waals surface area contributed by atoms with E-state index in [2.05, 4.69) is 34.1 Å². The van der Waals surface area contributed by atoms with Crippen LogP contribution in [-0.4, -0.2) is 26.7 Å². The molecule has 0 aliphatic rings. The number of nitrogens with one attached hydrogen (secondary N) is 1. The van der Waals surface area contributed by atoms with Crippen LogP contribution in [0.4, 0.5) is 4.79 Å². The summed E-state index contributed by atoms with van der Waals surface area (Å²) in [4.78, 5) is 36.8. The lowest BCUT2D eigenvalue weighted by atomic mass is 10.1. The molecule has 1 amide bonds. The maximum Gasteiger partial charge on any atom is 0.440 e. The Morgan fingerprint density at radius 1 is 1.04 bits per heavy atom. The van der Waals surface area contributed by atoms with Gasteiger partial charge in [-0.25, -0.2) is 14.6 Å². The molecule has 0 radical (unpaired) electrons. The average molecular weight is 642 g/mol. The third-order valence-corrected chi connectivity index (χ3v) is 8.94. The van der Waals surface area contributed by atoms with Crippen LogP contribution in [0.25, 0.3) is 17.2 Å². The third kappa shape index (κ3) is 8.71. The number of carbonyl (C=O) groups is 2. The molecule has 3 heterocycles. The zero-order valence-electron chi connectivity index (χ0n) is 25.2. The quantitative estimate of drug-likeness (QED) is 0.0934. The van der Waals surface area contributed by atoms with Gasteiger partial charge < -0.3 is 19.2 Å². The molecule has 45 heavy (non-hydrogen) atoms. The van der Waals surface area contributed by atoms with Crippen molar-refractivity contribution in [1.29, 1.82) is 0 Å². The minimum Gasteiger partial charge on any atom is -0.478 e. The molecule has 0 unspecified atom stereocenters. The zero-order valence-corrected chi connectivity index (χ0v) is 26.8. The van der Waals surface area contributed by atoms with Gasteiger partial charge in [-0.3, -0.25) is 0 Å². The number of carboxylic acid groups (broad SMARTS) is 1. The summed E-state index contributed by atoms with van der Waals surface area (Å²) < 4.78 is 7.37. The Labute approximate surface area is 270 Å². The van der Waals surface area contributed by atoms with Gasteiger partial charge in [-0.05, 0) is 53.6 Å². The summed E-state index contributed by atoms with van der Waals surface area (Å²) in [5, 5.41) is 12.5. The van der Waals surface area contributed by atoms with Crippen LogP contribution in [-0.2, 0) is 35.5 Å². The largest absolute Gasteiger partial charge is 0.478 e. The molecule has 5 rings (SSSR count).